The van der Waals surface area contributed by atoms with Crippen molar-refractivity contribution >= 4 is 26.0 Å². The predicted molar refractivity (Wildman–Crippen MR) is 57.1 cm³/mol. The molecule has 6 heteroatoms. The van der Waals surface area contributed by atoms with Gasteiger partial charge in [-0.15, -0.1) is 0 Å². The number of hydrogen-bond acceptors (Lipinski definition) is 4. The maximum absolute atomic E-state index is 11.7. The SMILES string of the molecule is O=S1(=O)OC2C3CCC(CC31)C2OCBr. The van der Waals surface area contributed by atoms with Crippen molar-refractivity contribution in [3.8, 4) is 0 Å². The minimum absolute atomic E-state index is 0.0309. The summed E-state index contributed by atoms with van der Waals surface area (Å²) in [4.78, 5) is 0. The molecule has 4 aliphatic rings. The lowest BCUT2D eigenvalue weighted by molar-refractivity contribution is -0.0942. The van der Waals surface area contributed by atoms with Crippen LogP contribution in [0, 0.1) is 11.8 Å². The summed E-state index contributed by atoms with van der Waals surface area (Å²) in [5.74, 6) is 0.531. The van der Waals surface area contributed by atoms with E-state index in [0.717, 1.165) is 19.3 Å². The molecule has 15 heavy (non-hydrogen) atoms. The summed E-state index contributed by atoms with van der Waals surface area (Å²) in [5, 5.41) is -0.253. The Morgan fingerprint density at radius 3 is 2.93 bits per heavy atom. The summed E-state index contributed by atoms with van der Waals surface area (Å²) in [6.45, 7) is 0. The molecule has 0 aromatic rings. The summed E-state index contributed by atoms with van der Waals surface area (Å²) in [6, 6.07) is 0. The number of hydrogen-bond donors (Lipinski definition) is 0. The highest BCUT2D eigenvalue weighted by Crippen LogP contribution is 2.52. The molecule has 1 heterocycles. The Balaban J connectivity index is 1.94. The van der Waals surface area contributed by atoms with Crippen LogP contribution in [0.3, 0.4) is 0 Å². The Labute approximate surface area is 97.6 Å². The van der Waals surface area contributed by atoms with Gasteiger partial charge in [0.1, 0.15) is 11.6 Å². The Hall–Kier alpha value is 0.350. The molecule has 3 saturated carbocycles. The second-order valence-corrected chi connectivity index (χ2v) is 6.81. The molecule has 0 N–H and O–H groups in total. The molecule has 1 aliphatic heterocycles. The average molecular weight is 297 g/mol. The van der Waals surface area contributed by atoms with Crippen LogP contribution in [0.25, 0.3) is 0 Å². The van der Waals surface area contributed by atoms with E-state index in [0.29, 0.717) is 11.4 Å². The third-order valence-corrected chi connectivity index (χ3v) is 6.00. The number of rotatable bonds is 2. The highest BCUT2D eigenvalue weighted by atomic mass is 79.9. The van der Waals surface area contributed by atoms with Gasteiger partial charge in [-0.3, -0.25) is 4.18 Å². The molecule has 86 valence electrons. The molecule has 1 saturated heterocycles. The van der Waals surface area contributed by atoms with Crippen LogP contribution < -0.4 is 0 Å². The van der Waals surface area contributed by atoms with E-state index in [4.69, 9.17) is 8.92 Å². The average Bonchev–Trinajstić information content (AvgIpc) is 2.42. The minimum atomic E-state index is -3.30. The standard InChI is InChI=1S/C9H13BrO4S/c10-4-13-8-5-1-2-6-7(3-5)15(11,12)14-9(6)8/h5-9H,1-4H2. The Kier molecular flexibility index (Phi) is 2.39. The largest absolute Gasteiger partial charge is 0.364 e. The normalized spacial score (nSPS) is 50.9. The van der Waals surface area contributed by atoms with Crippen LogP contribution in [-0.2, 0) is 19.0 Å². The maximum atomic E-state index is 11.7. The molecule has 4 rings (SSSR count). The number of halogens is 1. The first-order valence-electron chi connectivity index (χ1n) is 5.23. The van der Waals surface area contributed by atoms with E-state index in [1.807, 2.05) is 0 Å². The van der Waals surface area contributed by atoms with Gasteiger partial charge < -0.3 is 4.74 Å². The molecule has 4 fully saturated rings. The van der Waals surface area contributed by atoms with Crippen LogP contribution >= 0.6 is 15.9 Å². The predicted octanol–water partition coefficient (Wildman–Crippen LogP) is 1.25. The monoisotopic (exact) mass is 296 g/mol. The third-order valence-electron chi connectivity index (χ3n) is 3.97. The number of alkyl halides is 1. The molecular formula is C9H13BrO4S. The first kappa shape index (κ1) is 10.5. The minimum Gasteiger partial charge on any atom is -0.364 e. The number of ether oxygens (including phenoxy) is 1. The molecule has 0 radical (unpaired) electrons. The first-order valence-corrected chi connectivity index (χ1v) is 7.82. The quantitative estimate of drug-likeness (QED) is 0.568. The summed E-state index contributed by atoms with van der Waals surface area (Å²) in [7, 11) is -3.30. The molecule has 0 spiro atoms. The van der Waals surface area contributed by atoms with Crippen molar-refractivity contribution in [2.75, 3.05) is 5.52 Å². The lowest BCUT2D eigenvalue weighted by Gasteiger charge is -2.43. The van der Waals surface area contributed by atoms with Crippen molar-refractivity contribution in [2.45, 2.75) is 36.7 Å². The van der Waals surface area contributed by atoms with Gasteiger partial charge in [0.05, 0.1) is 11.4 Å². The van der Waals surface area contributed by atoms with Gasteiger partial charge in [0.25, 0.3) is 10.1 Å². The Morgan fingerprint density at radius 2 is 2.20 bits per heavy atom. The topological polar surface area (TPSA) is 52.6 Å². The van der Waals surface area contributed by atoms with Crippen molar-refractivity contribution in [2.24, 2.45) is 11.8 Å². The Morgan fingerprint density at radius 1 is 1.40 bits per heavy atom. The van der Waals surface area contributed by atoms with Crippen LogP contribution in [0.5, 0.6) is 0 Å². The fourth-order valence-electron chi connectivity index (χ4n) is 3.36. The molecular weight excluding hydrogens is 284 g/mol. The van der Waals surface area contributed by atoms with Crippen molar-refractivity contribution in [1.29, 1.82) is 0 Å². The molecule has 5 unspecified atom stereocenters. The van der Waals surface area contributed by atoms with Crippen molar-refractivity contribution in [1.82, 2.24) is 0 Å². The van der Waals surface area contributed by atoms with Gasteiger partial charge in [-0.05, 0) is 25.2 Å². The molecule has 0 amide bonds. The first-order chi connectivity index (χ1) is 7.13. The van der Waals surface area contributed by atoms with Crippen LogP contribution in [0.4, 0.5) is 0 Å². The van der Waals surface area contributed by atoms with Crippen LogP contribution in [0.15, 0.2) is 0 Å². The van der Waals surface area contributed by atoms with E-state index < -0.39 is 10.1 Å². The fraction of sp³-hybridized carbons (Fsp3) is 1.00. The van der Waals surface area contributed by atoms with Gasteiger partial charge in [0, 0.05) is 5.92 Å². The van der Waals surface area contributed by atoms with Crippen molar-refractivity contribution < 1.29 is 17.3 Å². The second kappa shape index (κ2) is 3.42. The van der Waals surface area contributed by atoms with E-state index in [1.165, 1.54) is 0 Å². The maximum Gasteiger partial charge on any atom is 0.270 e. The second-order valence-electron chi connectivity index (χ2n) is 4.57. The molecule has 5 atom stereocenters. The van der Waals surface area contributed by atoms with E-state index >= 15 is 0 Å². The number of fused-ring (bicyclic) bond motifs is 1. The fourth-order valence-corrected chi connectivity index (χ4v) is 5.57. The zero-order valence-corrected chi connectivity index (χ0v) is 10.5. The van der Waals surface area contributed by atoms with Gasteiger partial charge in [-0.25, -0.2) is 0 Å². The summed E-state index contributed by atoms with van der Waals surface area (Å²) in [6.07, 6.45) is 2.53. The summed E-state index contributed by atoms with van der Waals surface area (Å²) < 4.78 is 34.2. The third kappa shape index (κ3) is 1.41. The van der Waals surface area contributed by atoms with Crippen LogP contribution in [0.2, 0.25) is 0 Å². The van der Waals surface area contributed by atoms with Crippen LogP contribution in [-0.4, -0.2) is 31.4 Å². The zero-order chi connectivity index (χ0) is 10.6. The molecule has 4 nitrogen and oxygen atoms in total. The summed E-state index contributed by atoms with van der Waals surface area (Å²) in [5.41, 5.74) is 0.450. The molecule has 0 aromatic heterocycles. The highest BCUT2D eigenvalue weighted by Gasteiger charge is 2.60. The van der Waals surface area contributed by atoms with Gasteiger partial charge in [-0.2, -0.15) is 8.42 Å². The van der Waals surface area contributed by atoms with Gasteiger partial charge in [0.2, 0.25) is 0 Å². The zero-order valence-electron chi connectivity index (χ0n) is 8.13. The van der Waals surface area contributed by atoms with Crippen LogP contribution in [0.1, 0.15) is 19.3 Å². The van der Waals surface area contributed by atoms with Crippen molar-refractivity contribution in [3.05, 3.63) is 0 Å². The van der Waals surface area contributed by atoms with Gasteiger partial charge in [-0.1, -0.05) is 15.9 Å². The molecule has 3 aliphatic carbocycles. The van der Waals surface area contributed by atoms with E-state index in [2.05, 4.69) is 15.9 Å². The highest BCUT2D eigenvalue weighted by molar-refractivity contribution is 9.09. The lowest BCUT2D eigenvalue weighted by atomic mass is 9.67. The molecule has 0 aromatic carbocycles. The lowest BCUT2D eigenvalue weighted by Crippen LogP contribution is -2.51. The van der Waals surface area contributed by atoms with Crippen molar-refractivity contribution in [3.63, 3.8) is 0 Å². The van der Waals surface area contributed by atoms with E-state index in [9.17, 15) is 8.42 Å². The smallest absolute Gasteiger partial charge is 0.270 e. The van der Waals surface area contributed by atoms with Gasteiger partial charge in [0.15, 0.2) is 0 Å². The van der Waals surface area contributed by atoms with Gasteiger partial charge >= 0.3 is 0 Å². The Bertz CT molecular complexity index is 368. The van der Waals surface area contributed by atoms with E-state index in [1.54, 1.807) is 0 Å². The van der Waals surface area contributed by atoms with E-state index in [-0.39, 0.29) is 23.4 Å². The summed E-state index contributed by atoms with van der Waals surface area (Å²) >= 11 is 3.23. The molecule has 4 bridgehead atoms.